The molecule has 4 aromatic rings. The van der Waals surface area contributed by atoms with Crippen LogP contribution in [0.15, 0.2) is 71.9 Å². The molecule has 0 bridgehead atoms. The van der Waals surface area contributed by atoms with Crippen LogP contribution in [-0.2, 0) is 17.5 Å². The van der Waals surface area contributed by atoms with Gasteiger partial charge in [-0.25, -0.2) is 4.39 Å². The van der Waals surface area contributed by atoms with Crippen LogP contribution in [-0.4, -0.2) is 32.3 Å². The molecule has 7 nitrogen and oxygen atoms in total. The third kappa shape index (κ3) is 7.08. The number of aromatic nitrogens is 3. The van der Waals surface area contributed by atoms with Crippen molar-refractivity contribution < 1.29 is 27.2 Å². The number of amides is 2. The maximum Gasteiger partial charge on any atom is 0.416 e. The zero-order valence-electron chi connectivity index (χ0n) is 19.6. The van der Waals surface area contributed by atoms with Gasteiger partial charge in [0.25, 0.3) is 5.91 Å². The van der Waals surface area contributed by atoms with E-state index in [2.05, 4.69) is 20.8 Å². The van der Waals surface area contributed by atoms with E-state index in [0.29, 0.717) is 5.02 Å². The Morgan fingerprint density at radius 1 is 0.974 bits per heavy atom. The second-order valence-corrected chi connectivity index (χ2v) is 9.69. The molecule has 0 aliphatic rings. The molecule has 0 spiro atoms. The SMILES string of the molecule is O=C(CSc1nnc(CNC(=O)c2ccc(Cl)cc2Cl)n1-c1cccc(C(F)(F)F)c1)Nc1ccccc1F. The van der Waals surface area contributed by atoms with Crippen molar-refractivity contribution in [1.82, 2.24) is 20.1 Å². The minimum Gasteiger partial charge on any atom is -0.345 e. The summed E-state index contributed by atoms with van der Waals surface area (Å²) in [6.07, 6.45) is -4.61. The summed E-state index contributed by atoms with van der Waals surface area (Å²) in [5, 5.41) is 13.6. The van der Waals surface area contributed by atoms with Crippen molar-refractivity contribution in [1.29, 1.82) is 0 Å². The summed E-state index contributed by atoms with van der Waals surface area (Å²) >= 11 is 12.8. The first kappa shape index (κ1) is 28.4. The van der Waals surface area contributed by atoms with Crippen molar-refractivity contribution >= 4 is 52.5 Å². The molecule has 0 saturated heterocycles. The molecule has 0 fully saturated rings. The van der Waals surface area contributed by atoms with Crippen LogP contribution in [0.1, 0.15) is 21.7 Å². The molecule has 14 heteroatoms. The Bertz CT molecular complexity index is 1530. The number of nitrogens with one attached hydrogen (secondary N) is 2. The van der Waals surface area contributed by atoms with Crippen LogP contribution in [0, 0.1) is 5.82 Å². The minimum atomic E-state index is -4.61. The van der Waals surface area contributed by atoms with Gasteiger partial charge in [-0.3, -0.25) is 14.2 Å². The van der Waals surface area contributed by atoms with E-state index < -0.39 is 29.4 Å². The molecular weight excluding hydrogens is 581 g/mol. The topological polar surface area (TPSA) is 88.9 Å². The molecule has 0 saturated carbocycles. The van der Waals surface area contributed by atoms with Crippen molar-refractivity contribution in [2.45, 2.75) is 17.9 Å². The highest BCUT2D eigenvalue weighted by molar-refractivity contribution is 7.99. The van der Waals surface area contributed by atoms with E-state index in [1.54, 1.807) is 6.07 Å². The van der Waals surface area contributed by atoms with Gasteiger partial charge in [0.2, 0.25) is 5.91 Å². The molecule has 0 radical (unpaired) electrons. The number of para-hydroxylation sites is 1. The summed E-state index contributed by atoms with van der Waals surface area (Å²) in [6, 6.07) is 14.3. The standard InChI is InChI=1S/C25H17Cl2F4N5O2S/c26-15-8-9-17(18(27)11-15)23(38)32-12-21-34-35-24(36(21)16-5-3-4-14(10-16)25(29,30)31)39-13-22(37)33-20-7-2-1-6-19(20)28/h1-11H,12-13H2,(H,32,38)(H,33,37). The Hall–Kier alpha value is -3.61. The van der Waals surface area contributed by atoms with Crippen LogP contribution in [0.3, 0.4) is 0 Å². The van der Waals surface area contributed by atoms with Crippen molar-refractivity contribution in [3.05, 3.63) is 99.5 Å². The van der Waals surface area contributed by atoms with Crippen molar-refractivity contribution in [2.24, 2.45) is 0 Å². The van der Waals surface area contributed by atoms with E-state index in [-0.39, 0.29) is 45.2 Å². The van der Waals surface area contributed by atoms with E-state index in [1.165, 1.54) is 53.1 Å². The van der Waals surface area contributed by atoms with Gasteiger partial charge < -0.3 is 10.6 Å². The predicted octanol–water partition coefficient (Wildman–Crippen LogP) is 6.39. The Labute approximate surface area is 233 Å². The molecule has 3 aromatic carbocycles. The number of thioether (sulfide) groups is 1. The van der Waals surface area contributed by atoms with Crippen LogP contribution in [0.2, 0.25) is 10.0 Å². The van der Waals surface area contributed by atoms with Gasteiger partial charge in [0, 0.05) is 5.02 Å². The first-order valence-corrected chi connectivity index (χ1v) is 12.8. The zero-order valence-corrected chi connectivity index (χ0v) is 21.9. The maximum atomic E-state index is 13.9. The van der Waals surface area contributed by atoms with Gasteiger partial charge in [0.15, 0.2) is 11.0 Å². The van der Waals surface area contributed by atoms with E-state index in [0.717, 1.165) is 23.9 Å². The number of rotatable bonds is 8. The molecule has 4 rings (SSSR count). The zero-order chi connectivity index (χ0) is 28.2. The molecule has 0 unspecified atom stereocenters. The summed E-state index contributed by atoms with van der Waals surface area (Å²) in [7, 11) is 0. The van der Waals surface area contributed by atoms with Gasteiger partial charge in [-0.2, -0.15) is 13.2 Å². The Morgan fingerprint density at radius 2 is 1.74 bits per heavy atom. The van der Waals surface area contributed by atoms with Crippen LogP contribution in [0.25, 0.3) is 5.69 Å². The molecular formula is C25H17Cl2F4N5O2S. The smallest absolute Gasteiger partial charge is 0.345 e. The van der Waals surface area contributed by atoms with Crippen LogP contribution in [0.4, 0.5) is 23.2 Å². The average molecular weight is 598 g/mol. The number of hydrogen-bond acceptors (Lipinski definition) is 5. The summed E-state index contributed by atoms with van der Waals surface area (Å²) in [4.78, 5) is 25.1. The first-order valence-electron chi connectivity index (χ1n) is 11.1. The van der Waals surface area contributed by atoms with E-state index in [4.69, 9.17) is 23.2 Å². The number of carbonyl (C=O) groups excluding carboxylic acids is 2. The molecule has 2 amide bonds. The van der Waals surface area contributed by atoms with Gasteiger partial charge in [0.1, 0.15) is 5.82 Å². The van der Waals surface area contributed by atoms with Crippen molar-refractivity contribution in [2.75, 3.05) is 11.1 Å². The van der Waals surface area contributed by atoms with Crippen LogP contribution >= 0.6 is 35.0 Å². The number of nitrogens with zero attached hydrogens (tertiary/aromatic N) is 3. The predicted molar refractivity (Wildman–Crippen MR) is 140 cm³/mol. The second kappa shape index (κ2) is 12.1. The Kier molecular flexibility index (Phi) is 8.78. The van der Waals surface area contributed by atoms with Crippen molar-refractivity contribution in [3.63, 3.8) is 0 Å². The molecule has 0 aliphatic carbocycles. The number of benzene rings is 3. The monoisotopic (exact) mass is 597 g/mol. The first-order chi connectivity index (χ1) is 18.5. The fourth-order valence-corrected chi connectivity index (χ4v) is 4.66. The van der Waals surface area contributed by atoms with Gasteiger partial charge in [-0.05, 0) is 48.5 Å². The third-order valence-electron chi connectivity index (χ3n) is 5.20. The minimum absolute atomic E-state index is 0.0216. The molecule has 1 heterocycles. The largest absolute Gasteiger partial charge is 0.416 e. The highest BCUT2D eigenvalue weighted by Crippen LogP contribution is 2.32. The van der Waals surface area contributed by atoms with E-state index in [9.17, 15) is 27.2 Å². The molecule has 2 N–H and O–H groups in total. The number of alkyl halides is 3. The molecule has 0 aliphatic heterocycles. The van der Waals surface area contributed by atoms with Gasteiger partial charge in [-0.15, -0.1) is 10.2 Å². The van der Waals surface area contributed by atoms with E-state index >= 15 is 0 Å². The number of halogens is 6. The highest BCUT2D eigenvalue weighted by atomic mass is 35.5. The van der Waals surface area contributed by atoms with E-state index in [1.807, 2.05) is 0 Å². The van der Waals surface area contributed by atoms with Crippen molar-refractivity contribution in [3.8, 4) is 5.69 Å². The van der Waals surface area contributed by atoms with Gasteiger partial charge in [-0.1, -0.05) is 53.2 Å². The quantitative estimate of drug-likeness (QED) is 0.181. The number of hydrogen-bond donors (Lipinski definition) is 2. The van der Waals surface area contributed by atoms with Gasteiger partial charge in [0.05, 0.1) is 39.8 Å². The van der Waals surface area contributed by atoms with Crippen LogP contribution < -0.4 is 10.6 Å². The third-order valence-corrected chi connectivity index (χ3v) is 6.67. The summed E-state index contributed by atoms with van der Waals surface area (Å²) in [5.41, 5.74) is -0.747. The number of anilines is 1. The van der Waals surface area contributed by atoms with Crippen LogP contribution in [0.5, 0.6) is 0 Å². The van der Waals surface area contributed by atoms with Gasteiger partial charge >= 0.3 is 6.18 Å². The summed E-state index contributed by atoms with van der Waals surface area (Å²) < 4.78 is 55.4. The molecule has 0 atom stereocenters. The molecule has 39 heavy (non-hydrogen) atoms. The maximum absolute atomic E-state index is 13.9. The molecule has 202 valence electrons. The lowest BCUT2D eigenvalue weighted by Gasteiger charge is -2.14. The normalized spacial score (nSPS) is 11.3. The lowest BCUT2D eigenvalue weighted by Crippen LogP contribution is -2.25. The summed E-state index contributed by atoms with van der Waals surface area (Å²) in [5.74, 6) is -1.94. The average Bonchev–Trinajstić information content (AvgIpc) is 3.30. The highest BCUT2D eigenvalue weighted by Gasteiger charge is 2.31. The lowest BCUT2D eigenvalue weighted by molar-refractivity contribution is -0.137. The second-order valence-electron chi connectivity index (χ2n) is 7.91. The number of carbonyl (C=O) groups is 2. The Balaban J connectivity index is 1.59. The Morgan fingerprint density at radius 3 is 2.46 bits per heavy atom. The fourth-order valence-electron chi connectivity index (χ4n) is 3.40. The lowest BCUT2D eigenvalue weighted by atomic mass is 10.2. The molecule has 1 aromatic heterocycles. The fraction of sp³-hybridized carbons (Fsp3) is 0.120. The summed E-state index contributed by atoms with van der Waals surface area (Å²) in [6.45, 7) is -0.233.